The van der Waals surface area contributed by atoms with Crippen LogP contribution in [0.1, 0.15) is 58.2 Å². The summed E-state index contributed by atoms with van der Waals surface area (Å²) in [5.74, 6) is -3.45. The van der Waals surface area contributed by atoms with E-state index in [4.69, 9.17) is 11.6 Å². The second kappa shape index (κ2) is 9.98. The molecule has 4 rings (SSSR count). The van der Waals surface area contributed by atoms with E-state index in [9.17, 15) is 37.9 Å². The molecule has 0 bridgehead atoms. The second-order valence-corrected chi connectivity index (χ2v) is 8.92. The number of nitrogens with zero attached hydrogens (tertiary/aromatic N) is 3. The standard InChI is InChI=1S/C25H21ClF3N3O5/c1-2-31(37)22(33)15-10-11-16-19(12-15)32(30-21(16)13-6-8-14(9-7-13)24(35)36)23(34)20-17(25(27,28)29)4-3-5-18(20)26/h3-6,10-12,14,37H,2,7-9H2,1H3,(H,35,36). The number of carboxylic acids is 1. The Morgan fingerprint density at radius 2 is 1.95 bits per heavy atom. The monoisotopic (exact) mass is 535 g/mol. The van der Waals surface area contributed by atoms with E-state index >= 15 is 0 Å². The zero-order valence-electron chi connectivity index (χ0n) is 19.4. The van der Waals surface area contributed by atoms with Crippen molar-refractivity contribution in [2.24, 2.45) is 5.92 Å². The summed E-state index contributed by atoms with van der Waals surface area (Å²) in [6, 6.07) is 7.13. The minimum Gasteiger partial charge on any atom is -0.481 e. The highest BCUT2D eigenvalue weighted by atomic mass is 35.5. The van der Waals surface area contributed by atoms with Crippen LogP contribution in [0, 0.1) is 5.92 Å². The van der Waals surface area contributed by atoms with Crippen LogP contribution in [0.5, 0.6) is 0 Å². The van der Waals surface area contributed by atoms with E-state index in [1.165, 1.54) is 25.1 Å². The van der Waals surface area contributed by atoms with Crippen LogP contribution in [-0.4, -0.2) is 49.5 Å². The van der Waals surface area contributed by atoms with E-state index in [1.807, 2.05) is 0 Å². The van der Waals surface area contributed by atoms with Gasteiger partial charge in [0.25, 0.3) is 11.8 Å². The quantitative estimate of drug-likeness (QED) is 0.329. The lowest BCUT2D eigenvalue weighted by molar-refractivity contribution is -0.142. The van der Waals surface area contributed by atoms with Crippen molar-refractivity contribution in [3.8, 4) is 0 Å². The van der Waals surface area contributed by atoms with E-state index in [0.29, 0.717) is 28.9 Å². The first kappa shape index (κ1) is 26.4. The van der Waals surface area contributed by atoms with Gasteiger partial charge in [0.1, 0.15) is 0 Å². The summed E-state index contributed by atoms with van der Waals surface area (Å²) in [5.41, 5.74) is -1.12. The number of carboxylic acid groups (broad SMARTS) is 1. The van der Waals surface area contributed by atoms with Crippen molar-refractivity contribution in [2.45, 2.75) is 32.4 Å². The number of hydrogen-bond acceptors (Lipinski definition) is 5. The van der Waals surface area contributed by atoms with Crippen LogP contribution >= 0.6 is 11.6 Å². The number of carbonyl (C=O) groups is 3. The van der Waals surface area contributed by atoms with E-state index in [0.717, 1.165) is 22.9 Å². The maximum atomic E-state index is 13.7. The highest BCUT2D eigenvalue weighted by Crippen LogP contribution is 2.38. The second-order valence-electron chi connectivity index (χ2n) is 8.52. The number of amides is 1. The maximum Gasteiger partial charge on any atom is 0.417 e. The van der Waals surface area contributed by atoms with Gasteiger partial charge in [-0.05, 0) is 62.1 Å². The summed E-state index contributed by atoms with van der Waals surface area (Å²) in [5, 5.41) is 23.8. The maximum absolute atomic E-state index is 13.7. The van der Waals surface area contributed by atoms with Gasteiger partial charge in [0.05, 0.1) is 33.3 Å². The van der Waals surface area contributed by atoms with Gasteiger partial charge in [-0.15, -0.1) is 0 Å². The topological polar surface area (TPSA) is 113 Å². The lowest BCUT2D eigenvalue weighted by atomic mass is 9.87. The Labute approximate surface area is 213 Å². The van der Waals surface area contributed by atoms with Crippen molar-refractivity contribution in [1.82, 2.24) is 14.8 Å². The molecule has 0 fully saturated rings. The summed E-state index contributed by atoms with van der Waals surface area (Å²) in [7, 11) is 0. The summed E-state index contributed by atoms with van der Waals surface area (Å²) in [4.78, 5) is 37.4. The summed E-state index contributed by atoms with van der Waals surface area (Å²) < 4.78 is 42.0. The third-order valence-corrected chi connectivity index (χ3v) is 6.57. The number of hydroxylamine groups is 2. The highest BCUT2D eigenvalue weighted by Gasteiger charge is 2.37. The number of carbonyl (C=O) groups excluding carboxylic acids is 2. The molecule has 0 radical (unpaired) electrons. The number of fused-ring (bicyclic) bond motifs is 1. The molecule has 1 atom stereocenters. The van der Waals surface area contributed by atoms with Crippen LogP contribution in [0.3, 0.4) is 0 Å². The molecular weight excluding hydrogens is 515 g/mol. The predicted molar refractivity (Wildman–Crippen MR) is 127 cm³/mol. The van der Waals surface area contributed by atoms with E-state index in [2.05, 4.69) is 5.10 Å². The SMILES string of the molecule is CCN(O)C(=O)c1ccc2c(C3=CCC(C(=O)O)CC3)nn(C(=O)c3c(Cl)cccc3C(F)(F)F)c2c1. The van der Waals surface area contributed by atoms with Crippen molar-refractivity contribution < 1.29 is 37.9 Å². The first-order chi connectivity index (χ1) is 17.4. The molecule has 2 N–H and O–H groups in total. The van der Waals surface area contributed by atoms with Crippen LogP contribution in [0.15, 0.2) is 42.5 Å². The van der Waals surface area contributed by atoms with Gasteiger partial charge in [0.15, 0.2) is 0 Å². The van der Waals surface area contributed by atoms with Crippen molar-refractivity contribution in [2.75, 3.05) is 6.54 Å². The highest BCUT2D eigenvalue weighted by molar-refractivity contribution is 6.34. The Kier molecular flexibility index (Phi) is 7.11. The van der Waals surface area contributed by atoms with Gasteiger partial charge in [-0.2, -0.15) is 23.0 Å². The molecule has 1 amide bonds. The molecule has 12 heteroatoms. The molecule has 194 valence electrons. The molecule has 2 aromatic carbocycles. The van der Waals surface area contributed by atoms with Crippen molar-refractivity contribution in [3.63, 3.8) is 0 Å². The summed E-state index contributed by atoms with van der Waals surface area (Å²) in [6.07, 6.45) is -2.33. The molecule has 0 saturated heterocycles. The fourth-order valence-corrected chi connectivity index (χ4v) is 4.55. The fourth-order valence-electron chi connectivity index (χ4n) is 4.29. The van der Waals surface area contributed by atoms with Gasteiger partial charge < -0.3 is 5.11 Å². The minimum absolute atomic E-state index is 0.0175. The van der Waals surface area contributed by atoms with Crippen LogP contribution in [0.4, 0.5) is 13.2 Å². The van der Waals surface area contributed by atoms with Crippen LogP contribution in [0.2, 0.25) is 5.02 Å². The average Bonchev–Trinajstić information content (AvgIpc) is 3.25. The van der Waals surface area contributed by atoms with Crippen molar-refractivity contribution in [3.05, 3.63) is 69.9 Å². The number of allylic oxidation sites excluding steroid dienone is 2. The van der Waals surface area contributed by atoms with Gasteiger partial charge in [0.2, 0.25) is 0 Å². The molecule has 1 heterocycles. The molecule has 1 aliphatic carbocycles. The zero-order valence-corrected chi connectivity index (χ0v) is 20.2. The first-order valence-corrected chi connectivity index (χ1v) is 11.7. The molecule has 0 aliphatic heterocycles. The molecular formula is C25H21ClF3N3O5. The Bertz CT molecular complexity index is 1450. The lowest BCUT2D eigenvalue weighted by Gasteiger charge is -2.17. The van der Waals surface area contributed by atoms with E-state index in [1.54, 1.807) is 6.08 Å². The van der Waals surface area contributed by atoms with Gasteiger partial charge in [-0.25, -0.2) is 5.06 Å². The molecule has 1 aliphatic rings. The van der Waals surface area contributed by atoms with Gasteiger partial charge >= 0.3 is 12.1 Å². The van der Waals surface area contributed by atoms with Crippen LogP contribution in [0.25, 0.3) is 16.5 Å². The molecule has 0 saturated carbocycles. The number of aliphatic carboxylic acids is 1. The number of hydrogen-bond donors (Lipinski definition) is 2. The molecule has 1 aromatic heterocycles. The average molecular weight is 536 g/mol. The summed E-state index contributed by atoms with van der Waals surface area (Å²) >= 11 is 6.05. The summed E-state index contributed by atoms with van der Waals surface area (Å²) in [6.45, 7) is 1.52. The van der Waals surface area contributed by atoms with Crippen LogP contribution < -0.4 is 0 Å². The van der Waals surface area contributed by atoms with E-state index < -0.39 is 46.0 Å². The Hall–Kier alpha value is -3.70. The number of rotatable bonds is 5. The Balaban J connectivity index is 1.93. The van der Waals surface area contributed by atoms with Crippen molar-refractivity contribution >= 4 is 45.9 Å². The lowest BCUT2D eigenvalue weighted by Crippen LogP contribution is -2.27. The molecule has 37 heavy (non-hydrogen) atoms. The molecule has 8 nitrogen and oxygen atoms in total. The van der Waals surface area contributed by atoms with Gasteiger partial charge in [0, 0.05) is 17.5 Å². The van der Waals surface area contributed by atoms with Gasteiger partial charge in [-0.3, -0.25) is 19.6 Å². The molecule has 0 spiro atoms. The number of alkyl halides is 3. The smallest absolute Gasteiger partial charge is 0.417 e. The first-order valence-electron chi connectivity index (χ1n) is 11.3. The third-order valence-electron chi connectivity index (χ3n) is 6.25. The third kappa shape index (κ3) is 4.96. The zero-order chi connectivity index (χ0) is 27.1. The Morgan fingerprint density at radius 1 is 1.22 bits per heavy atom. The van der Waals surface area contributed by atoms with E-state index in [-0.39, 0.29) is 29.7 Å². The minimum atomic E-state index is -4.88. The molecule has 1 unspecified atom stereocenters. The predicted octanol–water partition coefficient (Wildman–Crippen LogP) is 5.52. The van der Waals surface area contributed by atoms with Crippen LogP contribution in [-0.2, 0) is 11.0 Å². The number of benzene rings is 2. The number of halogens is 4. The van der Waals surface area contributed by atoms with Crippen molar-refractivity contribution in [1.29, 1.82) is 0 Å². The fraction of sp³-hybridized carbons (Fsp3) is 0.280. The number of aromatic nitrogens is 2. The normalized spacial score (nSPS) is 15.9. The largest absolute Gasteiger partial charge is 0.481 e. The molecule has 3 aromatic rings. The Morgan fingerprint density at radius 3 is 2.54 bits per heavy atom. The van der Waals surface area contributed by atoms with Gasteiger partial charge in [-0.1, -0.05) is 23.7 Å².